The highest BCUT2D eigenvalue weighted by atomic mass is 32.1. The first kappa shape index (κ1) is 20.4. The van der Waals surface area contributed by atoms with Crippen molar-refractivity contribution in [3.8, 4) is 10.6 Å². The molecule has 4 heterocycles. The van der Waals surface area contributed by atoms with Crippen LogP contribution in [0.2, 0.25) is 0 Å². The molecule has 164 valence electrons. The van der Waals surface area contributed by atoms with Crippen LogP contribution in [0.1, 0.15) is 67.6 Å². The van der Waals surface area contributed by atoms with Crippen molar-refractivity contribution in [3.05, 3.63) is 23.3 Å². The largest absolute Gasteiger partial charge is 0.357 e. The van der Waals surface area contributed by atoms with Gasteiger partial charge in [0.05, 0.1) is 4.88 Å². The monoisotopic (exact) mass is 438 g/mol. The molecule has 1 aliphatic heterocycles. The van der Waals surface area contributed by atoms with E-state index in [2.05, 4.69) is 27.3 Å². The van der Waals surface area contributed by atoms with E-state index in [9.17, 15) is 4.79 Å². The van der Waals surface area contributed by atoms with Crippen LogP contribution in [0.4, 0.5) is 5.82 Å². The van der Waals surface area contributed by atoms with Crippen LogP contribution in [0.25, 0.3) is 21.6 Å². The van der Waals surface area contributed by atoms with E-state index in [4.69, 9.17) is 10.1 Å². The molecular weight excluding hydrogens is 408 g/mol. The number of thiazole rings is 1. The number of hydrogen-bond acceptors (Lipinski definition) is 6. The molecule has 0 unspecified atom stereocenters. The molecule has 5 rings (SSSR count). The first-order valence-electron chi connectivity index (χ1n) is 11.5. The van der Waals surface area contributed by atoms with E-state index in [0.29, 0.717) is 5.01 Å². The number of rotatable bonds is 4. The van der Waals surface area contributed by atoms with Crippen molar-refractivity contribution in [2.24, 2.45) is 7.05 Å². The van der Waals surface area contributed by atoms with Gasteiger partial charge in [0.15, 0.2) is 10.7 Å². The third-order valence-electron chi connectivity index (χ3n) is 6.48. The number of carbonyl (C=O) groups is 1. The Kier molecular flexibility index (Phi) is 5.89. The van der Waals surface area contributed by atoms with Crippen LogP contribution >= 0.6 is 11.3 Å². The number of fused-ring (bicyclic) bond motifs is 1. The third-order valence-corrected chi connectivity index (χ3v) is 7.48. The van der Waals surface area contributed by atoms with Crippen molar-refractivity contribution in [2.75, 3.05) is 18.0 Å². The molecule has 1 saturated carbocycles. The van der Waals surface area contributed by atoms with Crippen molar-refractivity contribution in [3.63, 3.8) is 0 Å². The number of nitrogens with zero attached hydrogens (tertiary/aromatic N) is 5. The Labute approximate surface area is 186 Å². The summed E-state index contributed by atoms with van der Waals surface area (Å²) >= 11 is 1.41. The van der Waals surface area contributed by atoms with Crippen molar-refractivity contribution in [1.82, 2.24) is 25.1 Å². The standard InChI is InChI=1S/C23H30N6OS/c1-28-21-17(11-12-19(26-21)29-13-7-2-3-8-14-29)20(27-28)18-15-24-23(31-18)22(30)25-16-9-5-4-6-10-16/h11-12,15-16H,2-10,13-14H2,1H3,(H,25,30). The summed E-state index contributed by atoms with van der Waals surface area (Å²) in [5.41, 5.74) is 1.72. The highest BCUT2D eigenvalue weighted by molar-refractivity contribution is 7.17. The lowest BCUT2D eigenvalue weighted by Crippen LogP contribution is -2.36. The number of anilines is 1. The Morgan fingerprint density at radius 2 is 1.81 bits per heavy atom. The number of aryl methyl sites for hydroxylation is 1. The van der Waals surface area contributed by atoms with Gasteiger partial charge in [-0.1, -0.05) is 32.1 Å². The minimum atomic E-state index is -0.0649. The second-order valence-corrected chi connectivity index (χ2v) is 9.78. The van der Waals surface area contributed by atoms with Crippen LogP contribution in [0, 0.1) is 0 Å². The van der Waals surface area contributed by atoms with Gasteiger partial charge in [0.25, 0.3) is 5.91 Å². The molecule has 2 fully saturated rings. The number of amides is 1. The van der Waals surface area contributed by atoms with Crippen LogP contribution < -0.4 is 10.2 Å². The van der Waals surface area contributed by atoms with Crippen LogP contribution in [0.5, 0.6) is 0 Å². The molecule has 0 atom stereocenters. The normalized spacial score (nSPS) is 18.3. The molecule has 1 aliphatic carbocycles. The van der Waals surface area contributed by atoms with E-state index >= 15 is 0 Å². The molecule has 3 aromatic heterocycles. The zero-order chi connectivity index (χ0) is 21.2. The number of pyridine rings is 1. The lowest BCUT2D eigenvalue weighted by Gasteiger charge is -2.22. The molecule has 0 bridgehead atoms. The van der Waals surface area contributed by atoms with Crippen LogP contribution in [0.3, 0.4) is 0 Å². The quantitative estimate of drug-likeness (QED) is 0.647. The molecule has 0 spiro atoms. The predicted molar refractivity (Wildman–Crippen MR) is 125 cm³/mol. The summed E-state index contributed by atoms with van der Waals surface area (Å²) in [4.78, 5) is 25.3. The Hall–Kier alpha value is -2.48. The Balaban J connectivity index is 1.38. The Bertz CT molecular complexity index is 1060. The SMILES string of the molecule is Cn1nc(-c2cnc(C(=O)NC3CCCCC3)s2)c2ccc(N3CCCCCC3)nc21. The van der Waals surface area contributed by atoms with E-state index in [1.807, 2.05) is 11.7 Å². The smallest absolute Gasteiger partial charge is 0.280 e. The molecule has 1 N–H and O–H groups in total. The molecule has 1 amide bonds. The summed E-state index contributed by atoms with van der Waals surface area (Å²) in [7, 11) is 1.93. The molecule has 3 aromatic rings. The fraction of sp³-hybridized carbons (Fsp3) is 0.565. The Morgan fingerprint density at radius 3 is 2.58 bits per heavy atom. The van der Waals surface area contributed by atoms with Gasteiger partial charge < -0.3 is 10.2 Å². The van der Waals surface area contributed by atoms with E-state index in [-0.39, 0.29) is 11.9 Å². The van der Waals surface area contributed by atoms with E-state index in [1.165, 1.54) is 56.3 Å². The molecule has 8 heteroatoms. The third kappa shape index (κ3) is 4.31. The first-order valence-corrected chi connectivity index (χ1v) is 12.4. The maximum atomic E-state index is 12.7. The summed E-state index contributed by atoms with van der Waals surface area (Å²) in [5.74, 6) is 0.964. The molecule has 0 radical (unpaired) electrons. The highest BCUT2D eigenvalue weighted by Crippen LogP contribution is 2.32. The van der Waals surface area contributed by atoms with Gasteiger partial charge in [-0.3, -0.25) is 4.79 Å². The maximum absolute atomic E-state index is 12.7. The number of nitrogens with one attached hydrogen (secondary N) is 1. The average Bonchev–Trinajstić information content (AvgIpc) is 3.30. The molecule has 31 heavy (non-hydrogen) atoms. The second-order valence-electron chi connectivity index (χ2n) is 8.75. The zero-order valence-corrected chi connectivity index (χ0v) is 19.0. The lowest BCUT2D eigenvalue weighted by atomic mass is 9.95. The van der Waals surface area contributed by atoms with Gasteiger partial charge in [0.2, 0.25) is 0 Å². The zero-order valence-electron chi connectivity index (χ0n) is 18.1. The van der Waals surface area contributed by atoms with Crippen molar-refractivity contribution in [1.29, 1.82) is 0 Å². The van der Waals surface area contributed by atoms with Crippen molar-refractivity contribution >= 4 is 34.1 Å². The average molecular weight is 439 g/mol. The van der Waals surface area contributed by atoms with Crippen LogP contribution in [-0.2, 0) is 7.05 Å². The van der Waals surface area contributed by atoms with Crippen molar-refractivity contribution in [2.45, 2.75) is 63.8 Å². The molecular formula is C23H30N6OS. The van der Waals surface area contributed by atoms with Crippen LogP contribution in [-0.4, -0.2) is 44.8 Å². The van der Waals surface area contributed by atoms with E-state index < -0.39 is 0 Å². The number of aromatic nitrogens is 4. The van der Waals surface area contributed by atoms with Gasteiger partial charge in [-0.2, -0.15) is 5.10 Å². The van der Waals surface area contributed by atoms with Gasteiger partial charge in [0, 0.05) is 37.8 Å². The molecule has 7 nitrogen and oxygen atoms in total. The minimum absolute atomic E-state index is 0.0649. The topological polar surface area (TPSA) is 75.9 Å². The number of hydrogen-bond donors (Lipinski definition) is 1. The second kappa shape index (κ2) is 8.94. The molecule has 1 saturated heterocycles. The predicted octanol–water partition coefficient (Wildman–Crippen LogP) is 4.53. The summed E-state index contributed by atoms with van der Waals surface area (Å²) in [6.45, 7) is 2.13. The minimum Gasteiger partial charge on any atom is -0.357 e. The Morgan fingerprint density at radius 1 is 1.06 bits per heavy atom. The van der Waals surface area contributed by atoms with E-state index in [1.54, 1.807) is 6.20 Å². The van der Waals surface area contributed by atoms with Gasteiger partial charge in [0.1, 0.15) is 11.5 Å². The summed E-state index contributed by atoms with van der Waals surface area (Å²) in [5, 5.41) is 9.40. The number of carbonyl (C=O) groups excluding carboxylic acids is 1. The molecule has 2 aliphatic rings. The highest BCUT2D eigenvalue weighted by Gasteiger charge is 2.21. The van der Waals surface area contributed by atoms with Crippen LogP contribution in [0.15, 0.2) is 18.3 Å². The maximum Gasteiger partial charge on any atom is 0.280 e. The fourth-order valence-corrected chi connectivity index (χ4v) is 5.58. The van der Waals surface area contributed by atoms with Gasteiger partial charge >= 0.3 is 0 Å². The molecule has 0 aromatic carbocycles. The lowest BCUT2D eigenvalue weighted by molar-refractivity contribution is 0.0927. The summed E-state index contributed by atoms with van der Waals surface area (Å²) in [6.07, 6.45) is 12.6. The summed E-state index contributed by atoms with van der Waals surface area (Å²) < 4.78 is 1.84. The van der Waals surface area contributed by atoms with Gasteiger partial charge in [-0.05, 0) is 37.8 Å². The summed E-state index contributed by atoms with van der Waals surface area (Å²) in [6, 6.07) is 4.51. The van der Waals surface area contributed by atoms with Crippen molar-refractivity contribution < 1.29 is 4.79 Å². The van der Waals surface area contributed by atoms with Gasteiger partial charge in [-0.15, -0.1) is 11.3 Å². The van der Waals surface area contributed by atoms with Gasteiger partial charge in [-0.25, -0.2) is 14.6 Å². The first-order chi connectivity index (χ1) is 15.2. The van der Waals surface area contributed by atoms with E-state index in [0.717, 1.165) is 53.4 Å². The fourth-order valence-electron chi connectivity index (χ4n) is 4.76.